The fourth-order valence-electron chi connectivity index (χ4n) is 1.57. The van der Waals surface area contributed by atoms with Crippen LogP contribution in [0.2, 0.25) is 0 Å². The second kappa shape index (κ2) is 8.85. The summed E-state index contributed by atoms with van der Waals surface area (Å²) in [5, 5.41) is 8.21. The van der Waals surface area contributed by atoms with E-state index in [9.17, 15) is 4.79 Å². The third-order valence-electron chi connectivity index (χ3n) is 2.64. The number of hydrogen-bond donors (Lipinski definition) is 1. The van der Waals surface area contributed by atoms with Gasteiger partial charge in [-0.25, -0.2) is 4.79 Å². The number of carboxylic acid groups (broad SMARTS) is 1. The largest absolute Gasteiger partial charge is 0.505 e. The lowest BCUT2D eigenvalue weighted by molar-refractivity contribution is 0.0898. The zero-order valence-corrected chi connectivity index (χ0v) is 9.29. The Morgan fingerprint density at radius 1 is 1.21 bits per heavy atom. The van der Waals surface area contributed by atoms with Gasteiger partial charge in [0.15, 0.2) is 0 Å². The van der Waals surface area contributed by atoms with Gasteiger partial charge >= 0.3 is 6.16 Å². The van der Waals surface area contributed by atoms with Crippen molar-refractivity contribution in [3.05, 3.63) is 0 Å². The van der Waals surface area contributed by atoms with Crippen molar-refractivity contribution in [1.29, 1.82) is 0 Å². The predicted molar refractivity (Wildman–Crippen MR) is 56.5 cm³/mol. The molecule has 0 saturated carbocycles. The molecule has 84 valence electrons. The molecule has 14 heavy (non-hydrogen) atoms. The van der Waals surface area contributed by atoms with Crippen molar-refractivity contribution in [2.75, 3.05) is 6.61 Å². The number of ether oxygens (including phenoxy) is 1. The Labute approximate surface area is 86.5 Å². The number of carbonyl (C=O) groups is 1. The fraction of sp³-hybridized carbons (Fsp3) is 0.909. The fourth-order valence-corrected chi connectivity index (χ4v) is 1.57. The molecule has 0 atom stereocenters. The minimum atomic E-state index is -1.16. The first kappa shape index (κ1) is 13.3. The minimum Gasteiger partial charge on any atom is -0.450 e. The zero-order valence-electron chi connectivity index (χ0n) is 9.29. The summed E-state index contributed by atoms with van der Waals surface area (Å²) in [6, 6.07) is 0. The standard InChI is InChI=1S/C11H22O3/c1-3-10(4-2)8-6-5-7-9-14-11(12)13/h10H,3-9H2,1-2H3,(H,12,13). The summed E-state index contributed by atoms with van der Waals surface area (Å²) < 4.78 is 4.42. The zero-order chi connectivity index (χ0) is 10.8. The maximum Gasteiger partial charge on any atom is 0.505 e. The molecule has 0 heterocycles. The van der Waals surface area contributed by atoms with Gasteiger partial charge in [-0.1, -0.05) is 46.0 Å². The van der Waals surface area contributed by atoms with Crippen LogP contribution in [0.4, 0.5) is 4.79 Å². The first-order valence-corrected chi connectivity index (χ1v) is 5.56. The Bertz CT molecular complexity index is 141. The summed E-state index contributed by atoms with van der Waals surface area (Å²) in [5.74, 6) is 0.843. The molecule has 0 aliphatic carbocycles. The van der Waals surface area contributed by atoms with Crippen LogP contribution < -0.4 is 0 Å². The van der Waals surface area contributed by atoms with Crippen molar-refractivity contribution in [2.24, 2.45) is 5.92 Å². The SMILES string of the molecule is CCC(CC)CCCCCOC(=O)O. The summed E-state index contributed by atoms with van der Waals surface area (Å²) in [6.07, 6.45) is 5.72. The van der Waals surface area contributed by atoms with Crippen molar-refractivity contribution in [3.63, 3.8) is 0 Å². The minimum absolute atomic E-state index is 0.345. The summed E-state index contributed by atoms with van der Waals surface area (Å²) in [6.45, 7) is 4.79. The molecule has 0 bridgehead atoms. The van der Waals surface area contributed by atoms with Crippen LogP contribution in [0, 0.1) is 5.92 Å². The molecule has 0 aliphatic heterocycles. The summed E-state index contributed by atoms with van der Waals surface area (Å²) >= 11 is 0. The van der Waals surface area contributed by atoms with Crippen molar-refractivity contribution in [2.45, 2.75) is 52.4 Å². The molecule has 0 radical (unpaired) electrons. The van der Waals surface area contributed by atoms with Crippen molar-refractivity contribution in [1.82, 2.24) is 0 Å². The van der Waals surface area contributed by atoms with Crippen molar-refractivity contribution >= 4 is 6.16 Å². The smallest absolute Gasteiger partial charge is 0.450 e. The third-order valence-corrected chi connectivity index (χ3v) is 2.64. The van der Waals surface area contributed by atoms with Gasteiger partial charge in [-0.3, -0.25) is 0 Å². The lowest BCUT2D eigenvalue weighted by Gasteiger charge is -2.11. The molecule has 0 amide bonds. The Hall–Kier alpha value is -0.730. The molecule has 1 N–H and O–H groups in total. The van der Waals surface area contributed by atoms with E-state index in [1.54, 1.807) is 0 Å². The number of rotatable bonds is 8. The van der Waals surface area contributed by atoms with Gasteiger partial charge in [0.05, 0.1) is 6.61 Å². The van der Waals surface area contributed by atoms with Crippen LogP contribution in [-0.2, 0) is 4.74 Å². The van der Waals surface area contributed by atoms with E-state index >= 15 is 0 Å². The first-order valence-electron chi connectivity index (χ1n) is 5.56. The highest BCUT2D eigenvalue weighted by molar-refractivity contribution is 5.56. The average Bonchev–Trinajstić information content (AvgIpc) is 2.16. The van der Waals surface area contributed by atoms with E-state index in [-0.39, 0.29) is 0 Å². The maximum absolute atomic E-state index is 10.0. The normalized spacial score (nSPS) is 10.5. The molecule has 3 heteroatoms. The van der Waals surface area contributed by atoms with E-state index in [1.807, 2.05) is 0 Å². The molecule has 0 spiro atoms. The molecule has 0 aromatic rings. The highest BCUT2D eigenvalue weighted by atomic mass is 16.7. The van der Waals surface area contributed by atoms with E-state index < -0.39 is 6.16 Å². The van der Waals surface area contributed by atoms with Gasteiger partial charge in [-0.15, -0.1) is 0 Å². The quantitative estimate of drug-likeness (QED) is 0.482. The van der Waals surface area contributed by atoms with Crippen LogP contribution in [0.5, 0.6) is 0 Å². The molecule has 0 unspecified atom stereocenters. The van der Waals surface area contributed by atoms with Gasteiger partial charge in [0.1, 0.15) is 0 Å². The van der Waals surface area contributed by atoms with Crippen LogP contribution >= 0.6 is 0 Å². The lowest BCUT2D eigenvalue weighted by atomic mass is 9.96. The lowest BCUT2D eigenvalue weighted by Crippen LogP contribution is -2.02. The van der Waals surface area contributed by atoms with Crippen LogP contribution in [0.3, 0.4) is 0 Å². The Morgan fingerprint density at radius 3 is 2.36 bits per heavy atom. The molecule has 0 aliphatic rings. The van der Waals surface area contributed by atoms with Gasteiger partial charge in [0.25, 0.3) is 0 Å². The highest BCUT2D eigenvalue weighted by Gasteiger charge is 2.02. The van der Waals surface area contributed by atoms with Crippen LogP contribution in [0.15, 0.2) is 0 Å². The van der Waals surface area contributed by atoms with E-state index in [1.165, 1.54) is 25.7 Å². The van der Waals surface area contributed by atoms with Gasteiger partial charge in [0.2, 0.25) is 0 Å². The van der Waals surface area contributed by atoms with E-state index in [2.05, 4.69) is 18.6 Å². The second-order valence-corrected chi connectivity index (χ2v) is 3.65. The Kier molecular flexibility index (Phi) is 8.39. The third kappa shape index (κ3) is 7.90. The maximum atomic E-state index is 10.0. The Morgan fingerprint density at radius 2 is 1.86 bits per heavy atom. The molecule has 0 aromatic heterocycles. The predicted octanol–water partition coefficient (Wildman–Crippen LogP) is 3.68. The van der Waals surface area contributed by atoms with Crippen molar-refractivity contribution < 1.29 is 14.6 Å². The monoisotopic (exact) mass is 202 g/mol. The topological polar surface area (TPSA) is 46.5 Å². The molecule has 0 aromatic carbocycles. The van der Waals surface area contributed by atoms with Crippen LogP contribution in [0.25, 0.3) is 0 Å². The number of unbranched alkanes of at least 4 members (excludes halogenated alkanes) is 2. The van der Waals surface area contributed by atoms with Crippen LogP contribution in [0.1, 0.15) is 52.4 Å². The molecular formula is C11H22O3. The summed E-state index contributed by atoms with van der Waals surface area (Å²) in [7, 11) is 0. The molecule has 0 saturated heterocycles. The van der Waals surface area contributed by atoms with Crippen LogP contribution in [-0.4, -0.2) is 17.9 Å². The van der Waals surface area contributed by atoms with Gasteiger partial charge in [0, 0.05) is 0 Å². The van der Waals surface area contributed by atoms with E-state index in [0.717, 1.165) is 18.8 Å². The molecular weight excluding hydrogens is 180 g/mol. The van der Waals surface area contributed by atoms with Gasteiger partial charge in [-0.2, -0.15) is 0 Å². The molecule has 3 nitrogen and oxygen atoms in total. The molecule has 0 fully saturated rings. The number of hydrogen-bond acceptors (Lipinski definition) is 2. The summed E-state index contributed by atoms with van der Waals surface area (Å²) in [5.41, 5.74) is 0. The van der Waals surface area contributed by atoms with Gasteiger partial charge < -0.3 is 9.84 Å². The average molecular weight is 202 g/mol. The summed E-state index contributed by atoms with van der Waals surface area (Å²) in [4.78, 5) is 10.0. The second-order valence-electron chi connectivity index (χ2n) is 3.65. The van der Waals surface area contributed by atoms with E-state index in [0.29, 0.717) is 6.61 Å². The van der Waals surface area contributed by atoms with Crippen molar-refractivity contribution in [3.8, 4) is 0 Å². The first-order chi connectivity index (χ1) is 6.70. The molecule has 0 rings (SSSR count). The van der Waals surface area contributed by atoms with Gasteiger partial charge in [-0.05, 0) is 12.3 Å². The Balaban J connectivity index is 3.16. The highest BCUT2D eigenvalue weighted by Crippen LogP contribution is 2.16. The van der Waals surface area contributed by atoms with E-state index in [4.69, 9.17) is 5.11 Å².